The van der Waals surface area contributed by atoms with Crippen molar-refractivity contribution < 1.29 is 28.6 Å². The Labute approximate surface area is 218 Å². The van der Waals surface area contributed by atoms with E-state index < -0.39 is 5.97 Å². The normalized spacial score (nSPS) is 15.4. The predicted molar refractivity (Wildman–Crippen MR) is 142 cm³/mol. The number of hydrogen-bond acceptors (Lipinski definition) is 6. The zero-order valence-electron chi connectivity index (χ0n) is 20.3. The van der Waals surface area contributed by atoms with Crippen molar-refractivity contribution in [2.24, 2.45) is 4.99 Å². The van der Waals surface area contributed by atoms with Gasteiger partial charge in [0.05, 0.1) is 22.8 Å². The number of benzene rings is 3. The molecule has 1 fully saturated rings. The van der Waals surface area contributed by atoms with E-state index in [9.17, 15) is 14.0 Å². The molecule has 1 aliphatic rings. The molecule has 0 bridgehead atoms. The molecular formula is C28H25FN2O5S. The fourth-order valence-electron chi connectivity index (χ4n) is 3.60. The van der Waals surface area contributed by atoms with Gasteiger partial charge in [-0.05, 0) is 91.3 Å². The van der Waals surface area contributed by atoms with Crippen LogP contribution < -0.4 is 9.47 Å². The summed E-state index contributed by atoms with van der Waals surface area (Å²) in [6.45, 7) is 4.77. The van der Waals surface area contributed by atoms with Crippen LogP contribution in [0.5, 0.6) is 11.5 Å². The van der Waals surface area contributed by atoms with Gasteiger partial charge < -0.3 is 14.6 Å². The third-order valence-electron chi connectivity index (χ3n) is 5.39. The average Bonchev–Trinajstić information content (AvgIpc) is 3.17. The first-order valence-electron chi connectivity index (χ1n) is 11.7. The molecule has 3 aromatic rings. The first kappa shape index (κ1) is 26.0. The lowest BCUT2D eigenvalue weighted by Gasteiger charge is -2.13. The standard InChI is InChI=1S/C28H25FN2O5S/c1-3-31-26(32)25(37-28(31)30-22-11-9-20(10-12-22)27(33)34)16-18-8-13-23(24(15-18)35-4-2)36-17-19-6-5-7-21(29)14-19/h5-16H,3-4,17H2,1-2H3,(H,33,34). The van der Waals surface area contributed by atoms with Crippen LogP contribution in [-0.2, 0) is 11.4 Å². The number of ether oxygens (including phenoxy) is 2. The highest BCUT2D eigenvalue weighted by molar-refractivity contribution is 8.18. The van der Waals surface area contributed by atoms with E-state index >= 15 is 0 Å². The molecule has 37 heavy (non-hydrogen) atoms. The third-order valence-corrected chi connectivity index (χ3v) is 6.40. The van der Waals surface area contributed by atoms with E-state index in [2.05, 4.69) is 4.99 Å². The van der Waals surface area contributed by atoms with E-state index in [0.29, 0.717) is 46.0 Å². The van der Waals surface area contributed by atoms with Gasteiger partial charge in [0.15, 0.2) is 16.7 Å². The highest BCUT2D eigenvalue weighted by Gasteiger charge is 2.32. The molecule has 1 aliphatic heterocycles. The van der Waals surface area contributed by atoms with Crippen LogP contribution in [0.3, 0.4) is 0 Å². The second-order valence-electron chi connectivity index (χ2n) is 7.96. The second-order valence-corrected chi connectivity index (χ2v) is 8.97. The molecule has 0 atom stereocenters. The minimum Gasteiger partial charge on any atom is -0.490 e. The molecule has 1 saturated heterocycles. The van der Waals surface area contributed by atoms with Crippen molar-refractivity contribution in [1.29, 1.82) is 0 Å². The first-order valence-corrected chi connectivity index (χ1v) is 12.5. The van der Waals surface area contributed by atoms with Crippen molar-refractivity contribution in [2.45, 2.75) is 20.5 Å². The minimum absolute atomic E-state index is 0.167. The van der Waals surface area contributed by atoms with Crippen LogP contribution in [0.1, 0.15) is 35.3 Å². The monoisotopic (exact) mass is 520 g/mol. The Hall–Kier alpha value is -4.11. The topological polar surface area (TPSA) is 88.4 Å². The molecule has 0 aromatic heterocycles. The highest BCUT2D eigenvalue weighted by atomic mass is 32.2. The van der Waals surface area contributed by atoms with E-state index in [4.69, 9.17) is 14.6 Å². The number of amides is 1. The van der Waals surface area contributed by atoms with Gasteiger partial charge in [-0.1, -0.05) is 18.2 Å². The van der Waals surface area contributed by atoms with Gasteiger partial charge in [-0.15, -0.1) is 0 Å². The second kappa shape index (κ2) is 11.7. The summed E-state index contributed by atoms with van der Waals surface area (Å²) in [6.07, 6.45) is 1.77. The molecule has 0 spiro atoms. The van der Waals surface area contributed by atoms with Gasteiger partial charge in [0, 0.05) is 6.54 Å². The smallest absolute Gasteiger partial charge is 0.335 e. The molecule has 0 aliphatic carbocycles. The van der Waals surface area contributed by atoms with Crippen LogP contribution >= 0.6 is 11.8 Å². The number of aliphatic imine (C=N–C) groups is 1. The lowest BCUT2D eigenvalue weighted by Crippen LogP contribution is -2.28. The molecule has 190 valence electrons. The Morgan fingerprint density at radius 1 is 1.05 bits per heavy atom. The fraction of sp³-hybridized carbons (Fsp3) is 0.179. The minimum atomic E-state index is -1.01. The van der Waals surface area contributed by atoms with E-state index in [-0.39, 0.29) is 23.9 Å². The van der Waals surface area contributed by atoms with Gasteiger partial charge in [-0.2, -0.15) is 0 Å². The fourth-order valence-corrected chi connectivity index (χ4v) is 4.66. The van der Waals surface area contributed by atoms with E-state index in [1.807, 2.05) is 19.9 Å². The number of thioether (sulfide) groups is 1. The molecule has 4 rings (SSSR count). The summed E-state index contributed by atoms with van der Waals surface area (Å²) in [7, 11) is 0. The summed E-state index contributed by atoms with van der Waals surface area (Å²) in [5.74, 6) is -0.475. The SMILES string of the molecule is CCOc1cc(C=C2SC(=Nc3ccc(C(=O)O)cc3)N(CC)C2=O)ccc1OCc1cccc(F)c1. The molecule has 0 radical (unpaired) electrons. The number of carboxylic acid groups (broad SMARTS) is 1. The molecule has 7 nitrogen and oxygen atoms in total. The third kappa shape index (κ3) is 6.37. The van der Waals surface area contributed by atoms with Gasteiger partial charge in [0.1, 0.15) is 12.4 Å². The zero-order chi connectivity index (χ0) is 26.4. The van der Waals surface area contributed by atoms with Crippen molar-refractivity contribution in [3.05, 3.63) is 94.1 Å². The number of carbonyl (C=O) groups is 2. The predicted octanol–water partition coefficient (Wildman–Crippen LogP) is 6.13. The maximum Gasteiger partial charge on any atom is 0.335 e. The number of hydrogen-bond donors (Lipinski definition) is 1. The Morgan fingerprint density at radius 3 is 2.51 bits per heavy atom. The van der Waals surface area contributed by atoms with Gasteiger partial charge in [-0.3, -0.25) is 9.69 Å². The largest absolute Gasteiger partial charge is 0.490 e. The van der Waals surface area contributed by atoms with Gasteiger partial charge in [-0.25, -0.2) is 14.2 Å². The van der Waals surface area contributed by atoms with Crippen molar-refractivity contribution in [3.8, 4) is 11.5 Å². The van der Waals surface area contributed by atoms with Gasteiger partial charge in [0.2, 0.25) is 0 Å². The van der Waals surface area contributed by atoms with Gasteiger partial charge in [0.25, 0.3) is 5.91 Å². The number of carboxylic acids is 1. The summed E-state index contributed by atoms with van der Waals surface area (Å²) >= 11 is 1.25. The number of halogens is 1. The number of carbonyl (C=O) groups excluding carboxylic acids is 1. The summed E-state index contributed by atoms with van der Waals surface area (Å²) in [6, 6.07) is 17.7. The quantitative estimate of drug-likeness (QED) is 0.342. The maximum atomic E-state index is 13.5. The van der Waals surface area contributed by atoms with Crippen LogP contribution in [0.25, 0.3) is 6.08 Å². The van der Waals surface area contributed by atoms with Crippen molar-refractivity contribution in [3.63, 3.8) is 0 Å². The van der Waals surface area contributed by atoms with E-state index in [1.165, 1.54) is 36.0 Å². The number of nitrogens with zero attached hydrogens (tertiary/aromatic N) is 2. The lowest BCUT2D eigenvalue weighted by molar-refractivity contribution is -0.122. The summed E-state index contributed by atoms with van der Waals surface area (Å²) in [5, 5.41) is 9.60. The van der Waals surface area contributed by atoms with Crippen molar-refractivity contribution >= 4 is 40.6 Å². The Morgan fingerprint density at radius 2 is 1.84 bits per heavy atom. The molecule has 9 heteroatoms. The molecule has 0 saturated carbocycles. The van der Waals surface area contributed by atoms with Crippen LogP contribution in [-0.4, -0.2) is 40.2 Å². The Balaban J connectivity index is 1.55. The van der Waals surface area contributed by atoms with Crippen LogP contribution in [0.4, 0.5) is 10.1 Å². The summed E-state index contributed by atoms with van der Waals surface area (Å²) in [4.78, 5) is 30.7. The van der Waals surface area contributed by atoms with Crippen LogP contribution in [0.2, 0.25) is 0 Å². The van der Waals surface area contributed by atoms with Crippen molar-refractivity contribution in [1.82, 2.24) is 4.90 Å². The molecule has 3 aromatic carbocycles. The molecule has 1 amide bonds. The summed E-state index contributed by atoms with van der Waals surface area (Å²) < 4.78 is 25.1. The van der Waals surface area contributed by atoms with E-state index in [0.717, 1.165) is 5.56 Å². The van der Waals surface area contributed by atoms with Crippen LogP contribution in [0, 0.1) is 5.82 Å². The highest BCUT2D eigenvalue weighted by Crippen LogP contribution is 2.36. The van der Waals surface area contributed by atoms with Crippen molar-refractivity contribution in [2.75, 3.05) is 13.2 Å². The molecule has 1 N–H and O–H groups in total. The lowest BCUT2D eigenvalue weighted by atomic mass is 10.1. The number of aromatic carboxylic acids is 1. The number of likely N-dealkylation sites (N-methyl/N-ethyl adjacent to an activating group) is 1. The average molecular weight is 521 g/mol. The maximum absolute atomic E-state index is 13.5. The number of rotatable bonds is 9. The Bertz CT molecular complexity index is 1370. The summed E-state index contributed by atoms with van der Waals surface area (Å²) in [5.41, 5.74) is 2.17. The van der Waals surface area contributed by atoms with Gasteiger partial charge >= 0.3 is 5.97 Å². The molecular weight excluding hydrogens is 495 g/mol. The zero-order valence-corrected chi connectivity index (χ0v) is 21.1. The number of amidine groups is 1. The van der Waals surface area contributed by atoms with E-state index in [1.54, 1.807) is 47.4 Å². The Kier molecular flexibility index (Phi) is 8.25. The molecule has 0 unspecified atom stereocenters. The van der Waals surface area contributed by atoms with Crippen LogP contribution in [0.15, 0.2) is 76.6 Å². The molecule has 1 heterocycles. The first-order chi connectivity index (χ1) is 17.9.